The van der Waals surface area contributed by atoms with Crippen molar-refractivity contribution in [3.63, 3.8) is 0 Å². The molecule has 2 N–H and O–H groups in total. The monoisotopic (exact) mass is 540 g/mol. The van der Waals surface area contributed by atoms with E-state index < -0.39 is 17.9 Å². The molecule has 1 aliphatic heterocycles. The smallest absolute Gasteiger partial charge is 0.355 e. The number of nitrogens with two attached hydrogens (primary N) is 1. The van der Waals surface area contributed by atoms with Gasteiger partial charge in [0, 0.05) is 16.3 Å². The maximum Gasteiger partial charge on any atom is 0.355 e. The second kappa shape index (κ2) is 10.4. The predicted molar refractivity (Wildman–Crippen MR) is 144 cm³/mol. The lowest BCUT2D eigenvalue weighted by Gasteiger charge is -2.36. The number of rotatable bonds is 5. The number of nitriles is 1. The number of aromatic nitrogens is 1. The third-order valence-electron chi connectivity index (χ3n) is 6.31. The van der Waals surface area contributed by atoms with E-state index in [1.165, 1.54) is 19.1 Å². The Morgan fingerprint density at radius 3 is 2.46 bits per heavy atom. The van der Waals surface area contributed by atoms with Crippen LogP contribution in [0.25, 0.3) is 22.6 Å². The van der Waals surface area contributed by atoms with Crippen molar-refractivity contribution in [3.05, 3.63) is 106 Å². The zero-order valence-corrected chi connectivity index (χ0v) is 21.6. The molecule has 0 fully saturated rings. The Kier molecular flexibility index (Phi) is 6.79. The molecule has 1 aliphatic rings. The number of hydrogen-bond donors (Lipinski definition) is 1. The molecule has 0 radical (unpaired) electrons. The minimum absolute atomic E-state index is 0.0408. The van der Waals surface area contributed by atoms with Crippen LogP contribution in [0.3, 0.4) is 0 Å². The molecule has 3 aromatic carbocycles. The summed E-state index contributed by atoms with van der Waals surface area (Å²) in [5, 5.41) is 10.7. The third kappa shape index (κ3) is 4.47. The van der Waals surface area contributed by atoms with Gasteiger partial charge in [0.1, 0.15) is 17.0 Å². The van der Waals surface area contributed by atoms with E-state index in [2.05, 4.69) is 11.1 Å². The van der Waals surface area contributed by atoms with Crippen LogP contribution < -0.4 is 10.6 Å². The molecule has 5 rings (SSSR count). The summed E-state index contributed by atoms with van der Waals surface area (Å²) >= 11 is 6.09. The van der Waals surface area contributed by atoms with Crippen LogP contribution in [0.15, 0.2) is 99.9 Å². The molecule has 0 spiro atoms. The summed E-state index contributed by atoms with van der Waals surface area (Å²) in [7, 11) is 2.39. The van der Waals surface area contributed by atoms with Crippen molar-refractivity contribution < 1.29 is 23.5 Å². The SMILES string of the molecule is COC(=O)C1=C(C(=O)OC)N(c2cccc(-c3nc4cc(Cl)ccc4o3)c2)C(N)=C(C#N)C1c1ccccc1. The fourth-order valence-corrected chi connectivity index (χ4v) is 4.75. The fourth-order valence-electron chi connectivity index (χ4n) is 4.58. The molecule has 1 atom stereocenters. The molecular formula is C29H21ClN4O5. The summed E-state index contributed by atoms with van der Waals surface area (Å²) in [5.74, 6) is -2.34. The molecule has 1 aromatic heterocycles. The molecule has 0 saturated heterocycles. The van der Waals surface area contributed by atoms with Gasteiger partial charge < -0.3 is 19.6 Å². The van der Waals surface area contributed by atoms with E-state index in [1.807, 2.05) is 0 Å². The van der Waals surface area contributed by atoms with Crippen LogP contribution in [0.2, 0.25) is 5.02 Å². The average molecular weight is 541 g/mol. The van der Waals surface area contributed by atoms with Crippen LogP contribution in [0, 0.1) is 11.3 Å². The molecule has 4 aromatic rings. The minimum atomic E-state index is -0.959. The second-order valence-electron chi connectivity index (χ2n) is 8.52. The van der Waals surface area contributed by atoms with E-state index in [0.717, 1.165) is 0 Å². The van der Waals surface area contributed by atoms with Crippen LogP contribution in [0.5, 0.6) is 0 Å². The number of carbonyl (C=O) groups is 2. The Bertz CT molecular complexity index is 1720. The van der Waals surface area contributed by atoms with Gasteiger partial charge in [-0.05, 0) is 42.0 Å². The maximum atomic E-state index is 13.3. The Balaban J connectivity index is 1.74. The minimum Gasteiger partial charge on any atom is -0.466 e. The van der Waals surface area contributed by atoms with Gasteiger partial charge in [-0.25, -0.2) is 14.6 Å². The van der Waals surface area contributed by atoms with Crippen molar-refractivity contribution in [1.82, 2.24) is 4.98 Å². The van der Waals surface area contributed by atoms with Crippen LogP contribution >= 0.6 is 11.6 Å². The van der Waals surface area contributed by atoms with Gasteiger partial charge >= 0.3 is 11.9 Å². The van der Waals surface area contributed by atoms with Gasteiger partial charge in [0.15, 0.2) is 5.58 Å². The number of fused-ring (bicyclic) bond motifs is 1. The van der Waals surface area contributed by atoms with Crippen molar-refractivity contribution >= 4 is 40.3 Å². The first kappa shape index (κ1) is 25.6. The lowest BCUT2D eigenvalue weighted by molar-refractivity contribution is -0.139. The normalized spacial score (nSPS) is 15.3. The number of benzene rings is 3. The highest BCUT2D eigenvalue weighted by Gasteiger charge is 2.43. The van der Waals surface area contributed by atoms with Crippen molar-refractivity contribution in [2.24, 2.45) is 5.73 Å². The molecule has 0 aliphatic carbocycles. The molecule has 2 heterocycles. The van der Waals surface area contributed by atoms with Gasteiger partial charge in [-0.1, -0.05) is 48.0 Å². The van der Waals surface area contributed by atoms with E-state index in [1.54, 1.807) is 72.8 Å². The lowest BCUT2D eigenvalue weighted by atomic mass is 9.81. The molecule has 1 unspecified atom stereocenters. The fraction of sp³-hybridized carbons (Fsp3) is 0.103. The predicted octanol–water partition coefficient (Wildman–Crippen LogP) is 5.05. The number of hydrogen-bond acceptors (Lipinski definition) is 9. The first-order valence-corrected chi connectivity index (χ1v) is 12.1. The summed E-state index contributed by atoms with van der Waals surface area (Å²) in [6.45, 7) is 0. The number of methoxy groups -OCH3 is 2. The van der Waals surface area contributed by atoms with Gasteiger partial charge in [0.05, 0.1) is 37.4 Å². The van der Waals surface area contributed by atoms with E-state index in [0.29, 0.717) is 38.8 Å². The number of nitrogens with zero attached hydrogens (tertiary/aromatic N) is 3. The van der Waals surface area contributed by atoms with Crippen molar-refractivity contribution in [3.8, 4) is 17.5 Å². The Morgan fingerprint density at radius 1 is 1.03 bits per heavy atom. The van der Waals surface area contributed by atoms with Gasteiger partial charge in [0.2, 0.25) is 5.89 Å². The second-order valence-corrected chi connectivity index (χ2v) is 8.95. The van der Waals surface area contributed by atoms with Crippen LogP contribution in [0.1, 0.15) is 11.5 Å². The number of esters is 2. The van der Waals surface area contributed by atoms with Gasteiger partial charge in [0.25, 0.3) is 0 Å². The molecule has 10 heteroatoms. The van der Waals surface area contributed by atoms with Crippen LogP contribution in [-0.2, 0) is 19.1 Å². The Hall–Kier alpha value is -5.07. The summed E-state index contributed by atoms with van der Waals surface area (Å²) in [4.78, 5) is 32.3. The van der Waals surface area contributed by atoms with E-state index >= 15 is 0 Å². The first-order chi connectivity index (χ1) is 18.9. The highest BCUT2D eigenvalue weighted by atomic mass is 35.5. The largest absolute Gasteiger partial charge is 0.466 e. The quantitative estimate of drug-likeness (QED) is 0.345. The maximum absolute atomic E-state index is 13.3. The number of allylic oxidation sites excluding steroid dienone is 1. The highest BCUT2D eigenvalue weighted by Crippen LogP contribution is 2.43. The summed E-state index contributed by atoms with van der Waals surface area (Å²) in [6, 6.07) is 22.8. The first-order valence-electron chi connectivity index (χ1n) is 11.7. The summed E-state index contributed by atoms with van der Waals surface area (Å²) < 4.78 is 16.1. The molecule has 194 valence electrons. The van der Waals surface area contributed by atoms with E-state index in [4.69, 9.17) is 31.2 Å². The number of anilines is 1. The Morgan fingerprint density at radius 2 is 1.77 bits per heavy atom. The Labute approximate surface area is 228 Å². The van der Waals surface area contributed by atoms with Gasteiger partial charge in [-0.2, -0.15) is 5.26 Å². The molecule has 0 saturated carbocycles. The lowest BCUT2D eigenvalue weighted by Crippen LogP contribution is -2.40. The van der Waals surface area contributed by atoms with Crippen molar-refractivity contribution in [1.29, 1.82) is 5.26 Å². The standard InChI is InChI=1S/C29H21ClN4O5/c1-37-28(35)24-23(16-7-4-3-5-8-16)20(15-31)26(32)34(25(24)29(36)38-2)19-10-6-9-17(13-19)27-33-21-14-18(30)11-12-22(21)39-27/h3-14,23H,32H2,1-2H3. The molecule has 0 bridgehead atoms. The van der Waals surface area contributed by atoms with Gasteiger partial charge in [-0.3, -0.25) is 4.90 Å². The highest BCUT2D eigenvalue weighted by molar-refractivity contribution is 6.31. The average Bonchev–Trinajstić information content (AvgIpc) is 3.39. The third-order valence-corrected chi connectivity index (χ3v) is 6.55. The molecular weight excluding hydrogens is 520 g/mol. The zero-order valence-electron chi connectivity index (χ0n) is 20.8. The molecule has 0 amide bonds. The molecule has 9 nitrogen and oxygen atoms in total. The molecule has 39 heavy (non-hydrogen) atoms. The zero-order chi connectivity index (χ0) is 27.7. The topological polar surface area (TPSA) is 132 Å². The summed E-state index contributed by atoms with van der Waals surface area (Å²) in [5.41, 5.74) is 9.01. The van der Waals surface area contributed by atoms with Crippen molar-refractivity contribution in [2.45, 2.75) is 5.92 Å². The number of carbonyl (C=O) groups excluding carboxylic acids is 2. The number of halogens is 1. The summed E-state index contributed by atoms with van der Waals surface area (Å²) in [6.07, 6.45) is 0. The van der Waals surface area contributed by atoms with Gasteiger partial charge in [-0.15, -0.1) is 0 Å². The van der Waals surface area contributed by atoms with Crippen molar-refractivity contribution in [2.75, 3.05) is 19.1 Å². The number of ether oxygens (including phenoxy) is 2. The van der Waals surface area contributed by atoms with E-state index in [-0.39, 0.29) is 22.7 Å². The van der Waals surface area contributed by atoms with Crippen LogP contribution in [0.4, 0.5) is 5.69 Å². The van der Waals surface area contributed by atoms with E-state index in [9.17, 15) is 14.9 Å². The van der Waals surface area contributed by atoms with Crippen LogP contribution in [-0.4, -0.2) is 31.1 Å². The number of oxazole rings is 1.